The second-order valence-corrected chi connectivity index (χ2v) is 5.56. The molecule has 1 aromatic carbocycles. The standard InChI is InChI=1S/C12H19NO4Si/c1-14-12(15-2)8-9-18(16-3)17-11-6-4-10(13)5-7-11/h4-8,18H,9,13H2,1-3H3. The van der Waals surface area contributed by atoms with Crippen LogP contribution < -0.4 is 10.2 Å². The third kappa shape index (κ3) is 4.68. The maximum atomic E-state index is 5.76. The van der Waals surface area contributed by atoms with Gasteiger partial charge in [0.2, 0.25) is 0 Å². The molecule has 18 heavy (non-hydrogen) atoms. The number of allylic oxidation sites excluding steroid dienone is 1. The average Bonchev–Trinajstić information content (AvgIpc) is 2.40. The first-order chi connectivity index (χ1) is 8.69. The summed E-state index contributed by atoms with van der Waals surface area (Å²) in [6.07, 6.45) is 1.82. The van der Waals surface area contributed by atoms with Crippen LogP contribution in [0.1, 0.15) is 0 Å². The van der Waals surface area contributed by atoms with Crippen molar-refractivity contribution in [3.05, 3.63) is 36.3 Å². The van der Waals surface area contributed by atoms with E-state index in [1.54, 1.807) is 33.5 Å². The van der Waals surface area contributed by atoms with Gasteiger partial charge in [-0.2, -0.15) is 0 Å². The first kappa shape index (κ1) is 14.4. The fourth-order valence-corrected chi connectivity index (χ4v) is 2.56. The lowest BCUT2D eigenvalue weighted by Gasteiger charge is -2.14. The molecule has 0 saturated heterocycles. The molecule has 0 radical (unpaired) electrons. The van der Waals surface area contributed by atoms with Crippen molar-refractivity contribution in [2.75, 3.05) is 27.1 Å². The maximum absolute atomic E-state index is 5.76. The molecule has 0 bridgehead atoms. The van der Waals surface area contributed by atoms with Gasteiger partial charge in [0.15, 0.2) is 0 Å². The molecule has 2 N–H and O–H groups in total. The highest BCUT2D eigenvalue weighted by atomic mass is 28.3. The third-order valence-electron chi connectivity index (χ3n) is 2.29. The second kappa shape index (κ2) is 7.62. The molecule has 5 nitrogen and oxygen atoms in total. The Hall–Kier alpha value is -1.66. The number of hydrogen-bond acceptors (Lipinski definition) is 5. The number of anilines is 1. The highest BCUT2D eigenvalue weighted by molar-refractivity contribution is 6.45. The molecule has 1 rings (SSSR count). The molecule has 0 heterocycles. The Morgan fingerprint density at radius 2 is 1.78 bits per heavy atom. The lowest BCUT2D eigenvalue weighted by molar-refractivity contribution is 0.0945. The largest absolute Gasteiger partial charge is 0.522 e. The van der Waals surface area contributed by atoms with Gasteiger partial charge in [-0.25, -0.2) is 0 Å². The minimum absolute atomic E-state index is 0.463. The van der Waals surface area contributed by atoms with Gasteiger partial charge < -0.3 is 24.1 Å². The van der Waals surface area contributed by atoms with Crippen LogP contribution in [0.3, 0.4) is 0 Å². The molecule has 6 heteroatoms. The molecule has 0 amide bonds. The van der Waals surface area contributed by atoms with Crippen molar-refractivity contribution < 1.29 is 18.3 Å². The van der Waals surface area contributed by atoms with Crippen molar-refractivity contribution >= 4 is 15.0 Å². The summed E-state index contributed by atoms with van der Waals surface area (Å²) in [5, 5.41) is 0. The van der Waals surface area contributed by atoms with Crippen LogP contribution in [0.15, 0.2) is 36.3 Å². The van der Waals surface area contributed by atoms with E-state index in [1.165, 1.54) is 0 Å². The average molecular weight is 269 g/mol. The van der Waals surface area contributed by atoms with E-state index in [9.17, 15) is 0 Å². The van der Waals surface area contributed by atoms with Crippen LogP contribution in [0, 0.1) is 0 Å². The quantitative estimate of drug-likeness (QED) is 0.463. The maximum Gasteiger partial charge on any atom is 0.386 e. The smallest absolute Gasteiger partial charge is 0.386 e. The van der Waals surface area contributed by atoms with Gasteiger partial charge in [0.1, 0.15) is 5.75 Å². The molecule has 1 aromatic rings. The van der Waals surface area contributed by atoms with Crippen LogP contribution in [-0.4, -0.2) is 30.6 Å². The SMILES string of the molecule is COC(=CC[SiH](OC)Oc1ccc(N)cc1)OC. The highest BCUT2D eigenvalue weighted by Gasteiger charge is 2.13. The summed E-state index contributed by atoms with van der Waals surface area (Å²) in [5.41, 5.74) is 6.31. The van der Waals surface area contributed by atoms with E-state index in [0.717, 1.165) is 5.75 Å². The molecule has 0 aliphatic rings. The summed E-state index contributed by atoms with van der Waals surface area (Å²) in [6, 6.07) is 7.89. The topological polar surface area (TPSA) is 62.9 Å². The van der Waals surface area contributed by atoms with Gasteiger partial charge in [-0.3, -0.25) is 0 Å². The predicted molar refractivity (Wildman–Crippen MR) is 72.5 cm³/mol. The summed E-state index contributed by atoms with van der Waals surface area (Å²) in [6.45, 7) is 0. The zero-order chi connectivity index (χ0) is 13.4. The number of methoxy groups -OCH3 is 2. The van der Waals surface area contributed by atoms with E-state index < -0.39 is 9.28 Å². The Morgan fingerprint density at radius 3 is 2.28 bits per heavy atom. The van der Waals surface area contributed by atoms with Crippen LogP contribution in [-0.2, 0) is 13.9 Å². The van der Waals surface area contributed by atoms with Gasteiger partial charge in [-0.1, -0.05) is 0 Å². The van der Waals surface area contributed by atoms with E-state index >= 15 is 0 Å². The van der Waals surface area contributed by atoms with Crippen molar-refractivity contribution in [1.29, 1.82) is 0 Å². The summed E-state index contributed by atoms with van der Waals surface area (Å²) < 4.78 is 21.1. The molecule has 0 aromatic heterocycles. The van der Waals surface area contributed by atoms with E-state index in [0.29, 0.717) is 17.7 Å². The van der Waals surface area contributed by atoms with Crippen LogP contribution in [0.5, 0.6) is 5.75 Å². The normalized spacial score (nSPS) is 11.5. The molecule has 100 valence electrons. The van der Waals surface area contributed by atoms with Crippen LogP contribution in [0.4, 0.5) is 5.69 Å². The van der Waals surface area contributed by atoms with Crippen molar-refractivity contribution in [1.82, 2.24) is 0 Å². The second-order valence-electron chi connectivity index (χ2n) is 3.52. The summed E-state index contributed by atoms with van der Waals surface area (Å²) in [4.78, 5) is 0. The Kier molecular flexibility index (Phi) is 6.10. The van der Waals surface area contributed by atoms with E-state index in [1.807, 2.05) is 18.2 Å². The number of benzene rings is 1. The van der Waals surface area contributed by atoms with Crippen LogP contribution >= 0.6 is 0 Å². The molecule has 0 aliphatic carbocycles. The number of nitrogen functional groups attached to an aromatic ring is 1. The van der Waals surface area contributed by atoms with E-state index in [-0.39, 0.29) is 0 Å². The van der Waals surface area contributed by atoms with Gasteiger partial charge in [0.25, 0.3) is 5.95 Å². The molecule has 0 fully saturated rings. The van der Waals surface area contributed by atoms with Crippen LogP contribution in [0.2, 0.25) is 6.04 Å². The third-order valence-corrected chi connectivity index (χ3v) is 3.97. The summed E-state index contributed by atoms with van der Waals surface area (Å²) in [7, 11) is 2.93. The Bertz CT molecular complexity index is 374. The predicted octanol–water partition coefficient (Wildman–Crippen LogP) is 1.65. The zero-order valence-electron chi connectivity index (χ0n) is 10.9. The van der Waals surface area contributed by atoms with Gasteiger partial charge in [0.05, 0.1) is 14.2 Å². The lowest BCUT2D eigenvalue weighted by Crippen LogP contribution is -2.24. The van der Waals surface area contributed by atoms with E-state index in [4.69, 9.17) is 24.1 Å². The molecule has 0 saturated carbocycles. The highest BCUT2D eigenvalue weighted by Crippen LogP contribution is 2.15. The minimum Gasteiger partial charge on any atom is -0.522 e. The molecule has 1 atom stereocenters. The summed E-state index contributed by atoms with van der Waals surface area (Å²) >= 11 is 0. The fraction of sp³-hybridized carbons (Fsp3) is 0.333. The van der Waals surface area contributed by atoms with Gasteiger partial charge >= 0.3 is 9.28 Å². The number of rotatable bonds is 7. The Morgan fingerprint density at radius 1 is 1.17 bits per heavy atom. The number of hydrogen-bond donors (Lipinski definition) is 1. The summed E-state index contributed by atoms with van der Waals surface area (Å²) in [5.74, 6) is 1.22. The van der Waals surface area contributed by atoms with Gasteiger partial charge in [-0.15, -0.1) is 0 Å². The Balaban J connectivity index is 2.56. The fourth-order valence-electron chi connectivity index (χ4n) is 1.33. The lowest BCUT2D eigenvalue weighted by atomic mass is 10.3. The molecule has 0 aliphatic heterocycles. The first-order valence-corrected chi connectivity index (χ1v) is 7.28. The molecular formula is C12H19NO4Si. The molecule has 0 spiro atoms. The van der Waals surface area contributed by atoms with Crippen LogP contribution in [0.25, 0.3) is 0 Å². The Labute approximate surface area is 109 Å². The minimum atomic E-state index is -1.82. The van der Waals surface area contributed by atoms with Crippen molar-refractivity contribution in [3.63, 3.8) is 0 Å². The van der Waals surface area contributed by atoms with E-state index in [2.05, 4.69) is 0 Å². The number of ether oxygens (including phenoxy) is 2. The number of nitrogens with two attached hydrogens (primary N) is 1. The van der Waals surface area contributed by atoms with Crippen molar-refractivity contribution in [2.24, 2.45) is 0 Å². The monoisotopic (exact) mass is 269 g/mol. The van der Waals surface area contributed by atoms with Gasteiger partial charge in [0, 0.05) is 18.8 Å². The first-order valence-electron chi connectivity index (χ1n) is 5.52. The molecular weight excluding hydrogens is 250 g/mol. The zero-order valence-corrected chi connectivity index (χ0v) is 12.0. The van der Waals surface area contributed by atoms with Crippen molar-refractivity contribution in [2.45, 2.75) is 6.04 Å². The molecule has 1 unspecified atom stereocenters. The van der Waals surface area contributed by atoms with Crippen molar-refractivity contribution in [3.8, 4) is 5.75 Å². The van der Waals surface area contributed by atoms with Gasteiger partial charge in [-0.05, 0) is 30.3 Å².